The van der Waals surface area contributed by atoms with Crippen molar-refractivity contribution < 1.29 is 0 Å². The summed E-state index contributed by atoms with van der Waals surface area (Å²) in [6.07, 6.45) is 0.917. The van der Waals surface area contributed by atoms with E-state index >= 15 is 0 Å². The molecule has 0 spiro atoms. The van der Waals surface area contributed by atoms with Crippen molar-refractivity contribution in [3.05, 3.63) is 66.2 Å². The van der Waals surface area contributed by atoms with Crippen molar-refractivity contribution in [2.75, 3.05) is 0 Å². The Bertz CT molecular complexity index is 477. The molecule has 0 bridgehead atoms. The fraction of sp³-hybridized carbons (Fsp3) is 0.133. The maximum absolute atomic E-state index is 4.52. The van der Waals surface area contributed by atoms with Crippen LogP contribution in [-0.4, -0.2) is 5.71 Å². The molecule has 0 saturated carbocycles. The van der Waals surface area contributed by atoms with Crippen molar-refractivity contribution in [1.29, 1.82) is 0 Å². The monoisotopic (exact) mass is 241 g/mol. The van der Waals surface area contributed by atoms with Crippen LogP contribution in [0.1, 0.15) is 12.5 Å². The third-order valence-electron chi connectivity index (χ3n) is 2.35. The minimum absolute atomic E-state index is 0.917. The van der Waals surface area contributed by atoms with Gasteiger partial charge < -0.3 is 0 Å². The number of nitrogens with zero attached hydrogens (tertiary/aromatic N) is 1. The molecule has 0 amide bonds. The van der Waals surface area contributed by atoms with Gasteiger partial charge in [0, 0.05) is 29.0 Å². The standard InChI is InChI=1S/C15H15NS/c1-13(12-14-8-4-2-5-9-14)16-17-15-10-6-3-7-11-15/h2-11H,12H2,1H3/b16-13-. The van der Waals surface area contributed by atoms with Crippen molar-refractivity contribution in [1.82, 2.24) is 0 Å². The Morgan fingerprint density at radius 2 is 1.53 bits per heavy atom. The van der Waals surface area contributed by atoms with Crippen molar-refractivity contribution in [3.63, 3.8) is 0 Å². The zero-order valence-corrected chi connectivity index (χ0v) is 10.7. The van der Waals surface area contributed by atoms with Gasteiger partial charge in [-0.25, -0.2) is 4.40 Å². The first kappa shape index (κ1) is 11.9. The fourth-order valence-corrected chi connectivity index (χ4v) is 2.14. The first-order chi connectivity index (χ1) is 8.34. The van der Waals surface area contributed by atoms with Gasteiger partial charge in [-0.3, -0.25) is 0 Å². The topological polar surface area (TPSA) is 12.4 Å². The molecular formula is C15H15NS. The summed E-state index contributed by atoms with van der Waals surface area (Å²) in [4.78, 5) is 1.18. The van der Waals surface area contributed by atoms with Gasteiger partial charge in [-0.1, -0.05) is 48.5 Å². The molecule has 0 aliphatic rings. The molecule has 1 nitrogen and oxygen atoms in total. The maximum atomic E-state index is 4.52. The fourth-order valence-electron chi connectivity index (χ4n) is 1.54. The number of benzene rings is 2. The third kappa shape index (κ3) is 4.08. The van der Waals surface area contributed by atoms with Crippen LogP contribution in [0.2, 0.25) is 0 Å². The molecule has 2 aromatic carbocycles. The highest BCUT2D eigenvalue weighted by Gasteiger charge is 1.96. The Balaban J connectivity index is 1.94. The molecule has 86 valence electrons. The Morgan fingerprint density at radius 1 is 0.941 bits per heavy atom. The zero-order valence-electron chi connectivity index (χ0n) is 9.84. The lowest BCUT2D eigenvalue weighted by atomic mass is 10.1. The lowest BCUT2D eigenvalue weighted by Gasteiger charge is -2.00. The molecule has 2 aromatic rings. The van der Waals surface area contributed by atoms with Gasteiger partial charge in [-0.15, -0.1) is 0 Å². The van der Waals surface area contributed by atoms with Crippen LogP contribution in [0.25, 0.3) is 0 Å². The predicted octanol–water partition coefficient (Wildman–Crippen LogP) is 4.40. The van der Waals surface area contributed by atoms with Gasteiger partial charge in [0.05, 0.1) is 0 Å². The van der Waals surface area contributed by atoms with Crippen molar-refractivity contribution in [2.45, 2.75) is 18.2 Å². The van der Waals surface area contributed by atoms with Gasteiger partial charge in [0.1, 0.15) is 0 Å². The van der Waals surface area contributed by atoms with Crippen LogP contribution in [0.15, 0.2) is 70.0 Å². The number of rotatable bonds is 4. The van der Waals surface area contributed by atoms with Gasteiger partial charge in [-0.05, 0) is 24.6 Å². The lowest BCUT2D eigenvalue weighted by molar-refractivity contribution is 1.31. The summed E-state index contributed by atoms with van der Waals surface area (Å²) in [5, 5.41) is 0. The molecule has 2 heteroatoms. The summed E-state index contributed by atoms with van der Waals surface area (Å²) in [5.41, 5.74) is 2.45. The second kappa shape index (κ2) is 6.26. The molecule has 2 rings (SSSR count). The molecule has 0 aliphatic carbocycles. The van der Waals surface area contributed by atoms with Gasteiger partial charge in [-0.2, -0.15) is 0 Å². The highest BCUT2D eigenvalue weighted by atomic mass is 32.2. The predicted molar refractivity (Wildman–Crippen MR) is 75.6 cm³/mol. The van der Waals surface area contributed by atoms with Crippen molar-refractivity contribution >= 4 is 17.7 Å². The summed E-state index contributed by atoms with van der Waals surface area (Å²) < 4.78 is 4.52. The van der Waals surface area contributed by atoms with E-state index in [4.69, 9.17) is 0 Å². The Morgan fingerprint density at radius 3 is 2.18 bits per heavy atom. The van der Waals surface area contributed by atoms with E-state index in [0.717, 1.165) is 12.1 Å². The van der Waals surface area contributed by atoms with E-state index in [0.29, 0.717) is 0 Å². The van der Waals surface area contributed by atoms with Crippen LogP contribution in [-0.2, 0) is 6.42 Å². The van der Waals surface area contributed by atoms with Gasteiger partial charge in [0.15, 0.2) is 0 Å². The van der Waals surface area contributed by atoms with E-state index in [1.807, 2.05) is 24.3 Å². The summed E-state index contributed by atoms with van der Waals surface area (Å²) in [7, 11) is 0. The first-order valence-corrected chi connectivity index (χ1v) is 6.41. The van der Waals surface area contributed by atoms with Crippen LogP contribution in [0.5, 0.6) is 0 Å². The zero-order chi connectivity index (χ0) is 11.9. The Labute approximate surface area is 107 Å². The molecule has 0 saturated heterocycles. The van der Waals surface area contributed by atoms with E-state index in [1.54, 1.807) is 0 Å². The van der Waals surface area contributed by atoms with Gasteiger partial charge in [0.25, 0.3) is 0 Å². The molecule has 0 fully saturated rings. The normalized spacial score (nSPS) is 11.5. The van der Waals surface area contributed by atoms with E-state index in [-0.39, 0.29) is 0 Å². The van der Waals surface area contributed by atoms with Crippen LogP contribution >= 0.6 is 11.9 Å². The SMILES string of the molecule is C/C(Cc1ccccc1)=N/Sc1ccccc1. The van der Waals surface area contributed by atoms with Crippen molar-refractivity contribution in [2.24, 2.45) is 4.40 Å². The van der Waals surface area contributed by atoms with E-state index in [1.165, 1.54) is 22.4 Å². The first-order valence-electron chi connectivity index (χ1n) is 5.64. The quantitative estimate of drug-likeness (QED) is 0.571. The molecule has 0 N–H and O–H groups in total. The average molecular weight is 241 g/mol. The molecule has 0 aromatic heterocycles. The molecule has 0 atom stereocenters. The molecular weight excluding hydrogens is 226 g/mol. The highest BCUT2D eigenvalue weighted by Crippen LogP contribution is 2.18. The number of hydrogen-bond acceptors (Lipinski definition) is 2. The summed E-state index contributed by atoms with van der Waals surface area (Å²) in [5.74, 6) is 0. The van der Waals surface area contributed by atoms with Gasteiger partial charge >= 0.3 is 0 Å². The Hall–Kier alpha value is -1.54. The van der Waals surface area contributed by atoms with Crippen LogP contribution in [0.4, 0.5) is 0 Å². The molecule has 0 aliphatic heterocycles. The molecule has 17 heavy (non-hydrogen) atoms. The minimum atomic E-state index is 0.917. The van der Waals surface area contributed by atoms with E-state index < -0.39 is 0 Å². The summed E-state index contributed by atoms with van der Waals surface area (Å²) in [6.45, 7) is 2.07. The second-order valence-electron chi connectivity index (χ2n) is 3.89. The van der Waals surface area contributed by atoms with E-state index in [9.17, 15) is 0 Å². The average Bonchev–Trinajstić information content (AvgIpc) is 2.39. The third-order valence-corrected chi connectivity index (χ3v) is 3.24. The largest absolute Gasteiger partial charge is 0.220 e. The van der Waals surface area contributed by atoms with Crippen LogP contribution < -0.4 is 0 Å². The molecule has 0 unspecified atom stereocenters. The summed E-state index contributed by atoms with van der Waals surface area (Å²) in [6, 6.07) is 20.7. The lowest BCUT2D eigenvalue weighted by Crippen LogP contribution is -1.95. The van der Waals surface area contributed by atoms with Crippen LogP contribution in [0.3, 0.4) is 0 Å². The highest BCUT2D eigenvalue weighted by molar-refractivity contribution is 7.98. The molecule has 0 radical (unpaired) electrons. The smallest absolute Gasteiger partial charge is 0.0305 e. The molecule has 0 heterocycles. The van der Waals surface area contributed by atoms with Crippen molar-refractivity contribution in [3.8, 4) is 0 Å². The Kier molecular flexibility index (Phi) is 4.39. The van der Waals surface area contributed by atoms with Crippen LogP contribution in [0, 0.1) is 0 Å². The summed E-state index contributed by atoms with van der Waals surface area (Å²) >= 11 is 1.54. The second-order valence-corrected chi connectivity index (χ2v) is 4.73. The number of hydrogen-bond donors (Lipinski definition) is 0. The van der Waals surface area contributed by atoms with Gasteiger partial charge in [0.2, 0.25) is 0 Å². The maximum Gasteiger partial charge on any atom is 0.0305 e. The minimum Gasteiger partial charge on any atom is -0.220 e. The van der Waals surface area contributed by atoms with E-state index in [2.05, 4.69) is 47.7 Å².